The van der Waals surface area contributed by atoms with Crippen molar-refractivity contribution in [3.8, 4) is 11.1 Å². The first-order valence-corrected chi connectivity index (χ1v) is 17.4. The fraction of sp³-hybridized carbons (Fsp3) is 0.314. The second-order valence-corrected chi connectivity index (χ2v) is 13.1. The highest BCUT2D eigenvalue weighted by Gasteiger charge is 2.24. The van der Waals surface area contributed by atoms with Crippen LogP contribution >= 0.6 is 0 Å². The summed E-state index contributed by atoms with van der Waals surface area (Å²) in [6.45, 7) is 4.61. The lowest BCUT2D eigenvalue weighted by Gasteiger charge is -2.19. The minimum absolute atomic E-state index is 0.0280. The fourth-order valence-electron chi connectivity index (χ4n) is 5.27. The molecule has 0 spiro atoms. The van der Waals surface area contributed by atoms with Crippen LogP contribution in [-0.4, -0.2) is 53.6 Å². The van der Waals surface area contributed by atoms with Crippen molar-refractivity contribution in [1.29, 1.82) is 0 Å². The summed E-state index contributed by atoms with van der Waals surface area (Å²) in [5.41, 5.74) is 4.82. The van der Waals surface area contributed by atoms with E-state index >= 15 is 0 Å². The highest BCUT2D eigenvalue weighted by atomic mass is 32.2. The molecule has 0 bridgehead atoms. The standard InChI is InChI=1S/C35H42N6O6S/c1-3-5-15-32-37-23-30(34(43)38-28(22-33(42)39-45)21-25-11-7-6-8-12-25)41(32)24-26-16-18-27(19-17-26)29-13-9-10-14-31(29)48(46,47)40-35(44)36-20-4-2/h6-14,16-19,23,28,45H,3-5,15,20-22,24H2,1-2H3,(H,38,43)(H,39,42)(H2,36,40,44)/t28-/m1/s1. The fourth-order valence-corrected chi connectivity index (χ4v) is 6.43. The van der Waals surface area contributed by atoms with Crippen LogP contribution in [0.4, 0.5) is 4.79 Å². The van der Waals surface area contributed by atoms with Crippen LogP contribution in [0.3, 0.4) is 0 Å². The van der Waals surface area contributed by atoms with Gasteiger partial charge in [-0.25, -0.2) is 28.4 Å². The number of benzene rings is 3. The summed E-state index contributed by atoms with van der Waals surface area (Å²) in [6.07, 6.45) is 4.94. The van der Waals surface area contributed by atoms with Gasteiger partial charge in [-0.15, -0.1) is 0 Å². The largest absolute Gasteiger partial charge is 0.347 e. The first-order valence-electron chi connectivity index (χ1n) is 16.0. The van der Waals surface area contributed by atoms with Crippen LogP contribution in [0.25, 0.3) is 11.1 Å². The molecule has 0 aliphatic rings. The van der Waals surface area contributed by atoms with E-state index in [4.69, 9.17) is 5.21 Å². The number of rotatable bonds is 16. The molecular formula is C35H42N6O6S. The number of carbonyl (C=O) groups is 3. The van der Waals surface area contributed by atoms with Gasteiger partial charge in [0.1, 0.15) is 11.5 Å². The number of imidazole rings is 1. The third-order valence-electron chi connectivity index (χ3n) is 7.69. The van der Waals surface area contributed by atoms with Crippen LogP contribution in [0.15, 0.2) is 90.0 Å². The number of nitrogens with one attached hydrogen (secondary N) is 4. The first kappa shape index (κ1) is 35.8. The van der Waals surface area contributed by atoms with Crippen molar-refractivity contribution in [3.05, 3.63) is 108 Å². The number of unbranched alkanes of at least 4 members (excludes halogenated alkanes) is 1. The third-order valence-corrected chi connectivity index (χ3v) is 9.08. The maximum atomic E-state index is 13.7. The summed E-state index contributed by atoms with van der Waals surface area (Å²) in [5.74, 6) is -0.274. The molecule has 4 rings (SSSR count). The smallest absolute Gasteiger partial charge is 0.328 e. The van der Waals surface area contributed by atoms with E-state index in [-0.39, 0.29) is 11.3 Å². The Morgan fingerprint density at radius 3 is 2.29 bits per heavy atom. The molecule has 0 saturated carbocycles. The first-order chi connectivity index (χ1) is 23.1. The third kappa shape index (κ3) is 9.75. The van der Waals surface area contributed by atoms with Crippen molar-refractivity contribution in [1.82, 2.24) is 30.4 Å². The molecule has 1 aromatic heterocycles. The number of hydrogen-bond donors (Lipinski definition) is 5. The summed E-state index contributed by atoms with van der Waals surface area (Å²) in [5, 5.41) is 14.6. The van der Waals surface area contributed by atoms with Gasteiger partial charge in [-0.1, -0.05) is 93.1 Å². The minimum atomic E-state index is -4.15. The van der Waals surface area contributed by atoms with Crippen LogP contribution in [0.2, 0.25) is 0 Å². The second kappa shape index (κ2) is 17.2. The summed E-state index contributed by atoms with van der Waals surface area (Å²) in [7, 11) is -4.15. The van der Waals surface area contributed by atoms with Gasteiger partial charge in [0.05, 0.1) is 11.1 Å². The van der Waals surface area contributed by atoms with E-state index in [2.05, 4.69) is 27.3 Å². The zero-order chi connectivity index (χ0) is 34.5. The Balaban J connectivity index is 1.58. The van der Waals surface area contributed by atoms with E-state index in [0.29, 0.717) is 49.2 Å². The summed E-state index contributed by atoms with van der Waals surface area (Å²) < 4.78 is 30.1. The molecule has 5 N–H and O–H groups in total. The number of urea groups is 1. The summed E-state index contributed by atoms with van der Waals surface area (Å²) >= 11 is 0. The lowest BCUT2D eigenvalue weighted by Crippen LogP contribution is -2.41. The van der Waals surface area contributed by atoms with Crippen LogP contribution in [0.1, 0.15) is 67.0 Å². The maximum Gasteiger partial charge on any atom is 0.328 e. The van der Waals surface area contributed by atoms with Crippen molar-refractivity contribution in [2.45, 2.75) is 69.9 Å². The van der Waals surface area contributed by atoms with Crippen LogP contribution in [0, 0.1) is 0 Å². The average Bonchev–Trinajstić information content (AvgIpc) is 3.48. The molecule has 0 aliphatic heterocycles. The number of hydrogen-bond acceptors (Lipinski definition) is 7. The van der Waals surface area contributed by atoms with Crippen molar-refractivity contribution in [3.63, 3.8) is 0 Å². The number of aromatic nitrogens is 2. The number of sulfonamides is 1. The quantitative estimate of drug-likeness (QED) is 0.0856. The van der Waals surface area contributed by atoms with E-state index in [1.165, 1.54) is 12.3 Å². The molecular weight excluding hydrogens is 632 g/mol. The zero-order valence-electron chi connectivity index (χ0n) is 27.1. The van der Waals surface area contributed by atoms with E-state index in [9.17, 15) is 22.8 Å². The lowest BCUT2D eigenvalue weighted by molar-refractivity contribution is -0.129. The second-order valence-electron chi connectivity index (χ2n) is 11.4. The molecule has 1 heterocycles. The van der Waals surface area contributed by atoms with Gasteiger partial charge in [0.2, 0.25) is 5.91 Å². The molecule has 48 heavy (non-hydrogen) atoms. The van der Waals surface area contributed by atoms with E-state index in [0.717, 1.165) is 29.8 Å². The molecule has 13 heteroatoms. The van der Waals surface area contributed by atoms with Gasteiger partial charge >= 0.3 is 6.03 Å². The van der Waals surface area contributed by atoms with E-state index in [1.54, 1.807) is 35.8 Å². The molecule has 0 radical (unpaired) electrons. The van der Waals surface area contributed by atoms with Gasteiger partial charge in [-0.3, -0.25) is 14.8 Å². The van der Waals surface area contributed by atoms with Gasteiger partial charge in [-0.05, 0) is 42.0 Å². The minimum Gasteiger partial charge on any atom is -0.347 e. The van der Waals surface area contributed by atoms with Gasteiger partial charge in [0, 0.05) is 37.5 Å². The Labute approximate surface area is 281 Å². The normalized spacial score (nSPS) is 11.8. The highest BCUT2D eigenvalue weighted by molar-refractivity contribution is 7.90. The lowest BCUT2D eigenvalue weighted by atomic mass is 10.0. The van der Waals surface area contributed by atoms with E-state index in [1.807, 2.05) is 54.0 Å². The Morgan fingerprint density at radius 1 is 0.896 bits per heavy atom. The van der Waals surface area contributed by atoms with Gasteiger partial charge in [-0.2, -0.15) is 0 Å². The number of amides is 4. The van der Waals surface area contributed by atoms with Crippen molar-refractivity contribution < 1.29 is 28.0 Å². The summed E-state index contributed by atoms with van der Waals surface area (Å²) in [4.78, 5) is 42.4. The Morgan fingerprint density at radius 2 is 1.60 bits per heavy atom. The van der Waals surface area contributed by atoms with Crippen LogP contribution < -0.4 is 20.8 Å². The molecule has 254 valence electrons. The average molecular weight is 675 g/mol. The molecule has 0 unspecified atom stereocenters. The predicted octanol–water partition coefficient (Wildman–Crippen LogP) is 4.58. The Hall–Kier alpha value is -5.01. The topological polar surface area (TPSA) is 172 Å². The maximum absolute atomic E-state index is 13.7. The number of aryl methyl sites for hydroxylation is 1. The number of nitrogens with zero attached hydrogens (tertiary/aromatic N) is 2. The van der Waals surface area contributed by atoms with Crippen LogP contribution in [0.5, 0.6) is 0 Å². The highest BCUT2D eigenvalue weighted by Crippen LogP contribution is 2.28. The van der Waals surface area contributed by atoms with Crippen molar-refractivity contribution >= 4 is 27.9 Å². The van der Waals surface area contributed by atoms with Gasteiger partial charge in [0.15, 0.2) is 0 Å². The zero-order valence-corrected chi connectivity index (χ0v) is 27.9. The molecule has 0 fully saturated rings. The molecule has 4 amide bonds. The van der Waals surface area contributed by atoms with Gasteiger partial charge in [0.25, 0.3) is 15.9 Å². The predicted molar refractivity (Wildman–Crippen MR) is 182 cm³/mol. The molecule has 4 aromatic rings. The number of hydroxylamine groups is 1. The molecule has 0 aliphatic carbocycles. The monoisotopic (exact) mass is 674 g/mol. The van der Waals surface area contributed by atoms with Crippen molar-refractivity contribution in [2.24, 2.45) is 0 Å². The van der Waals surface area contributed by atoms with E-state index < -0.39 is 33.9 Å². The number of carbonyl (C=O) groups excluding carboxylic acids is 3. The SMILES string of the molecule is CCCCc1ncc(C(=O)N[C@@H](CC(=O)NO)Cc2ccccc2)n1Cc1ccc(-c2ccccc2S(=O)(=O)NC(=O)NCCC)cc1. The Bertz CT molecular complexity index is 1790. The molecule has 12 nitrogen and oxygen atoms in total. The van der Waals surface area contributed by atoms with Gasteiger partial charge < -0.3 is 15.2 Å². The molecule has 3 aromatic carbocycles. The summed E-state index contributed by atoms with van der Waals surface area (Å²) in [6, 6.07) is 21.8. The molecule has 0 saturated heterocycles. The van der Waals surface area contributed by atoms with Crippen LogP contribution in [-0.2, 0) is 34.2 Å². The Kier molecular flexibility index (Phi) is 12.9. The molecule has 1 atom stereocenters. The van der Waals surface area contributed by atoms with Crippen molar-refractivity contribution in [2.75, 3.05) is 6.54 Å².